The van der Waals surface area contributed by atoms with Crippen LogP contribution in [0.4, 0.5) is 26.1 Å². The summed E-state index contributed by atoms with van der Waals surface area (Å²) in [4.78, 5) is 8.44. The average molecular weight is 289 g/mol. The Morgan fingerprint density at radius 1 is 1.24 bits per heavy atom. The van der Waals surface area contributed by atoms with Gasteiger partial charge in [-0.25, -0.2) is 18.7 Å². The van der Waals surface area contributed by atoms with Crippen LogP contribution >= 0.6 is 0 Å². The number of fused-ring (bicyclic) bond motifs is 1. The Kier molecular flexibility index (Phi) is 3.39. The minimum atomic E-state index is -0.685. The number of hydrogen-bond donors (Lipinski definition) is 2. The third-order valence-corrected chi connectivity index (χ3v) is 2.94. The van der Waals surface area contributed by atoms with Crippen LogP contribution in [0.2, 0.25) is 0 Å². The summed E-state index contributed by atoms with van der Waals surface area (Å²) in [5.74, 6) is -0.504. The summed E-state index contributed by atoms with van der Waals surface area (Å²) >= 11 is 0. The molecule has 1 aromatic carbocycles. The third kappa shape index (κ3) is 2.49. The molecule has 0 spiro atoms. The Hall–Kier alpha value is -2.70. The number of aromatic nitrogens is 3. The summed E-state index contributed by atoms with van der Waals surface area (Å²) in [6.07, 6.45) is 5.09. The molecule has 0 saturated carbocycles. The number of anilines is 3. The van der Waals surface area contributed by atoms with Crippen LogP contribution in [-0.4, -0.2) is 20.9 Å². The first-order chi connectivity index (χ1) is 10.2. The second kappa shape index (κ2) is 5.35. The van der Waals surface area contributed by atoms with Gasteiger partial charge in [-0.3, -0.25) is 0 Å². The maximum Gasteiger partial charge on any atom is 0.180 e. The highest BCUT2D eigenvalue weighted by atomic mass is 19.1. The van der Waals surface area contributed by atoms with E-state index in [1.807, 2.05) is 6.92 Å². The molecular formula is C14H13F2N5. The van der Waals surface area contributed by atoms with Crippen molar-refractivity contribution in [1.29, 1.82) is 0 Å². The molecule has 2 aromatic heterocycles. The smallest absolute Gasteiger partial charge is 0.180 e. The van der Waals surface area contributed by atoms with E-state index in [1.54, 1.807) is 23.0 Å². The Morgan fingerprint density at radius 3 is 2.71 bits per heavy atom. The van der Waals surface area contributed by atoms with Gasteiger partial charge in [0.2, 0.25) is 0 Å². The largest absolute Gasteiger partial charge is 0.369 e. The average Bonchev–Trinajstić information content (AvgIpc) is 2.92. The number of benzene rings is 1. The molecule has 0 unspecified atom stereocenters. The Labute approximate surface area is 119 Å². The Bertz CT molecular complexity index is 764. The fourth-order valence-corrected chi connectivity index (χ4v) is 2.02. The highest BCUT2D eigenvalue weighted by Crippen LogP contribution is 2.25. The molecular weight excluding hydrogens is 276 g/mol. The highest BCUT2D eigenvalue weighted by Gasteiger charge is 2.13. The fourth-order valence-electron chi connectivity index (χ4n) is 2.02. The molecule has 2 heterocycles. The maximum atomic E-state index is 13.7. The molecule has 21 heavy (non-hydrogen) atoms. The van der Waals surface area contributed by atoms with Crippen LogP contribution in [0, 0.1) is 11.6 Å². The van der Waals surface area contributed by atoms with E-state index in [0.29, 0.717) is 18.0 Å². The molecule has 2 N–H and O–H groups in total. The molecule has 108 valence electrons. The van der Waals surface area contributed by atoms with Crippen LogP contribution in [0.5, 0.6) is 0 Å². The van der Waals surface area contributed by atoms with Crippen LogP contribution in [0.15, 0.2) is 36.8 Å². The minimum absolute atomic E-state index is 0.247. The van der Waals surface area contributed by atoms with Crippen molar-refractivity contribution in [2.24, 2.45) is 0 Å². The van der Waals surface area contributed by atoms with Crippen molar-refractivity contribution in [2.75, 3.05) is 17.2 Å². The SMILES string of the molecule is CCNc1cn2ccnc2c(Nc2c(F)cccc2F)n1. The Balaban J connectivity index is 2.09. The van der Waals surface area contributed by atoms with Gasteiger partial charge < -0.3 is 15.0 Å². The van der Waals surface area contributed by atoms with E-state index < -0.39 is 11.6 Å². The highest BCUT2D eigenvalue weighted by molar-refractivity contribution is 5.72. The monoisotopic (exact) mass is 289 g/mol. The van der Waals surface area contributed by atoms with Gasteiger partial charge in [0.05, 0.1) is 6.20 Å². The second-order valence-corrected chi connectivity index (χ2v) is 4.38. The molecule has 0 aliphatic heterocycles. The molecule has 0 radical (unpaired) electrons. The van der Waals surface area contributed by atoms with Crippen LogP contribution in [0.1, 0.15) is 6.92 Å². The summed E-state index contributed by atoms with van der Waals surface area (Å²) in [7, 11) is 0. The zero-order chi connectivity index (χ0) is 14.8. The van der Waals surface area contributed by atoms with Crippen molar-refractivity contribution in [3.8, 4) is 0 Å². The summed E-state index contributed by atoms with van der Waals surface area (Å²) in [5, 5.41) is 5.74. The number of halogens is 2. The van der Waals surface area contributed by atoms with E-state index in [4.69, 9.17) is 0 Å². The summed E-state index contributed by atoms with van der Waals surface area (Å²) in [6, 6.07) is 3.67. The van der Waals surface area contributed by atoms with Crippen molar-refractivity contribution >= 4 is 23.0 Å². The van der Waals surface area contributed by atoms with Gasteiger partial charge >= 0.3 is 0 Å². The van der Waals surface area contributed by atoms with E-state index >= 15 is 0 Å². The quantitative estimate of drug-likeness (QED) is 0.774. The van der Waals surface area contributed by atoms with E-state index in [-0.39, 0.29) is 11.5 Å². The number of imidazole rings is 1. The van der Waals surface area contributed by atoms with E-state index in [1.165, 1.54) is 18.2 Å². The molecule has 0 bridgehead atoms. The number of para-hydroxylation sites is 1. The normalized spacial score (nSPS) is 10.8. The van der Waals surface area contributed by atoms with Gasteiger partial charge in [0.25, 0.3) is 0 Å². The molecule has 5 nitrogen and oxygen atoms in total. The van der Waals surface area contributed by atoms with Crippen molar-refractivity contribution in [3.63, 3.8) is 0 Å². The number of rotatable bonds is 4. The first-order valence-corrected chi connectivity index (χ1v) is 6.47. The predicted molar refractivity (Wildman–Crippen MR) is 76.8 cm³/mol. The number of nitrogens with one attached hydrogen (secondary N) is 2. The second-order valence-electron chi connectivity index (χ2n) is 4.38. The van der Waals surface area contributed by atoms with E-state index in [9.17, 15) is 8.78 Å². The molecule has 7 heteroatoms. The predicted octanol–water partition coefficient (Wildman–Crippen LogP) is 3.18. The van der Waals surface area contributed by atoms with Gasteiger partial charge in [0.15, 0.2) is 11.5 Å². The number of nitrogens with zero attached hydrogens (tertiary/aromatic N) is 3. The zero-order valence-corrected chi connectivity index (χ0v) is 11.3. The number of hydrogen-bond acceptors (Lipinski definition) is 4. The first-order valence-electron chi connectivity index (χ1n) is 6.47. The van der Waals surface area contributed by atoms with E-state index in [2.05, 4.69) is 20.6 Å². The lowest BCUT2D eigenvalue weighted by atomic mass is 10.3. The maximum absolute atomic E-state index is 13.7. The zero-order valence-electron chi connectivity index (χ0n) is 11.3. The van der Waals surface area contributed by atoms with Crippen molar-refractivity contribution in [2.45, 2.75) is 6.92 Å². The first kappa shape index (κ1) is 13.3. The summed E-state index contributed by atoms with van der Waals surface area (Å²) in [6.45, 7) is 2.62. The van der Waals surface area contributed by atoms with Crippen molar-refractivity contribution < 1.29 is 8.78 Å². The third-order valence-electron chi connectivity index (χ3n) is 2.94. The lowest BCUT2D eigenvalue weighted by molar-refractivity contribution is 0.590. The van der Waals surface area contributed by atoms with Gasteiger partial charge in [0, 0.05) is 18.9 Å². The van der Waals surface area contributed by atoms with Gasteiger partial charge in [-0.05, 0) is 19.1 Å². The molecule has 0 atom stereocenters. The van der Waals surface area contributed by atoms with Crippen molar-refractivity contribution in [1.82, 2.24) is 14.4 Å². The minimum Gasteiger partial charge on any atom is -0.369 e. The molecule has 0 amide bonds. The van der Waals surface area contributed by atoms with Crippen LogP contribution in [0.25, 0.3) is 5.65 Å². The van der Waals surface area contributed by atoms with E-state index in [0.717, 1.165) is 0 Å². The molecule has 0 saturated heterocycles. The molecule has 3 aromatic rings. The molecule has 0 aliphatic rings. The van der Waals surface area contributed by atoms with Crippen LogP contribution in [-0.2, 0) is 0 Å². The molecule has 3 rings (SSSR count). The summed E-state index contributed by atoms with van der Waals surface area (Å²) in [5.41, 5.74) is 0.239. The fraction of sp³-hybridized carbons (Fsp3) is 0.143. The van der Waals surface area contributed by atoms with Crippen LogP contribution in [0.3, 0.4) is 0 Å². The summed E-state index contributed by atoms with van der Waals surface area (Å²) < 4.78 is 29.2. The topological polar surface area (TPSA) is 54.2 Å². The lowest BCUT2D eigenvalue weighted by Crippen LogP contribution is -2.06. The molecule has 0 fully saturated rings. The standard InChI is InChI=1S/C14H13F2N5/c1-2-17-11-8-21-7-6-18-14(21)13(19-11)20-12-9(15)4-3-5-10(12)16/h3-8,17H,2H2,1H3,(H,19,20). The van der Waals surface area contributed by atoms with Gasteiger partial charge in [-0.2, -0.15) is 0 Å². The van der Waals surface area contributed by atoms with Crippen molar-refractivity contribution in [3.05, 3.63) is 48.4 Å². The molecule has 0 aliphatic carbocycles. The van der Waals surface area contributed by atoms with Crippen LogP contribution < -0.4 is 10.6 Å². The van der Waals surface area contributed by atoms with Gasteiger partial charge in [-0.1, -0.05) is 6.07 Å². The van der Waals surface area contributed by atoms with Gasteiger partial charge in [-0.15, -0.1) is 0 Å². The Morgan fingerprint density at radius 2 is 2.00 bits per heavy atom. The lowest BCUT2D eigenvalue weighted by Gasteiger charge is -2.11. The van der Waals surface area contributed by atoms with Gasteiger partial charge in [0.1, 0.15) is 23.1 Å².